The Bertz CT molecular complexity index is 258. The number of rotatable bonds is 4. The highest BCUT2D eigenvalue weighted by atomic mass is 16.3. The van der Waals surface area contributed by atoms with Crippen molar-refractivity contribution in [2.24, 2.45) is 0 Å². The molecule has 0 aromatic carbocycles. The molecule has 2 fully saturated rings. The Kier molecular flexibility index (Phi) is 5.59. The highest BCUT2D eigenvalue weighted by molar-refractivity contribution is 4.84. The Balaban J connectivity index is 1.73. The molecule has 19 heavy (non-hydrogen) atoms. The van der Waals surface area contributed by atoms with Gasteiger partial charge in [0.1, 0.15) is 0 Å². The zero-order valence-corrected chi connectivity index (χ0v) is 12.7. The number of hydrogen-bond acceptors (Lipinski definition) is 5. The smallest absolute Gasteiger partial charge is 0.0793 e. The van der Waals surface area contributed by atoms with Gasteiger partial charge in [0.25, 0.3) is 0 Å². The van der Waals surface area contributed by atoms with E-state index in [0.29, 0.717) is 12.1 Å². The first-order valence-corrected chi connectivity index (χ1v) is 7.61. The van der Waals surface area contributed by atoms with E-state index in [1.54, 1.807) is 0 Å². The molecule has 0 aromatic heterocycles. The summed E-state index contributed by atoms with van der Waals surface area (Å²) in [6, 6.07) is 1.16. The van der Waals surface area contributed by atoms with Crippen LogP contribution in [0.3, 0.4) is 0 Å². The Morgan fingerprint density at radius 3 is 2.16 bits per heavy atom. The van der Waals surface area contributed by atoms with Gasteiger partial charge in [-0.1, -0.05) is 0 Å². The first-order chi connectivity index (χ1) is 9.06. The lowest BCUT2D eigenvalue weighted by Gasteiger charge is -2.43. The molecule has 2 N–H and O–H groups in total. The minimum Gasteiger partial charge on any atom is -0.390 e. The number of aliphatic hydroxyl groups is 1. The number of nitrogens with zero attached hydrogens (tertiary/aromatic N) is 3. The largest absolute Gasteiger partial charge is 0.390 e. The van der Waals surface area contributed by atoms with Gasteiger partial charge >= 0.3 is 0 Å². The second kappa shape index (κ2) is 6.99. The highest BCUT2D eigenvalue weighted by Crippen LogP contribution is 2.13. The topological polar surface area (TPSA) is 42.0 Å². The van der Waals surface area contributed by atoms with Crippen molar-refractivity contribution in [2.45, 2.75) is 32.0 Å². The molecule has 5 nitrogen and oxygen atoms in total. The predicted octanol–water partition coefficient (Wildman–Crippen LogP) is -0.723. The second-order valence-corrected chi connectivity index (χ2v) is 6.29. The fourth-order valence-electron chi connectivity index (χ4n) is 3.21. The Labute approximate surface area is 117 Å². The fraction of sp³-hybridized carbons (Fsp3) is 1.00. The van der Waals surface area contributed by atoms with E-state index >= 15 is 0 Å². The summed E-state index contributed by atoms with van der Waals surface area (Å²) in [5.74, 6) is 0. The third kappa shape index (κ3) is 4.39. The maximum Gasteiger partial charge on any atom is 0.0793 e. The van der Waals surface area contributed by atoms with Crippen LogP contribution in [0.25, 0.3) is 0 Å². The number of β-amino-alcohol motifs (C(OH)–C–C–N with tert-alkyl or cyclic N) is 1. The van der Waals surface area contributed by atoms with Crippen LogP contribution in [0.2, 0.25) is 0 Å². The van der Waals surface area contributed by atoms with Gasteiger partial charge in [0, 0.05) is 64.4 Å². The Morgan fingerprint density at radius 2 is 1.58 bits per heavy atom. The van der Waals surface area contributed by atoms with Crippen molar-refractivity contribution in [2.75, 3.05) is 59.4 Å². The third-order valence-corrected chi connectivity index (χ3v) is 4.58. The van der Waals surface area contributed by atoms with Crippen LogP contribution < -0.4 is 5.32 Å². The lowest BCUT2D eigenvalue weighted by atomic mass is 10.1. The fourth-order valence-corrected chi connectivity index (χ4v) is 3.21. The van der Waals surface area contributed by atoms with Gasteiger partial charge in [-0.05, 0) is 20.9 Å². The normalized spacial score (nSPS) is 33.5. The third-order valence-electron chi connectivity index (χ3n) is 4.58. The van der Waals surface area contributed by atoms with Gasteiger partial charge in [0.15, 0.2) is 0 Å². The van der Waals surface area contributed by atoms with Crippen LogP contribution in [-0.4, -0.2) is 97.4 Å². The molecule has 0 saturated carbocycles. The van der Waals surface area contributed by atoms with Gasteiger partial charge in [-0.3, -0.25) is 14.7 Å². The summed E-state index contributed by atoms with van der Waals surface area (Å²) in [6.07, 6.45) is -0.221. The minimum atomic E-state index is -0.221. The molecule has 112 valence electrons. The number of piperazine rings is 2. The molecule has 2 saturated heterocycles. The monoisotopic (exact) mass is 270 g/mol. The molecule has 0 radical (unpaired) electrons. The van der Waals surface area contributed by atoms with Crippen LogP contribution >= 0.6 is 0 Å². The number of likely N-dealkylation sites (N-methyl/N-ethyl adjacent to an activating group) is 1. The van der Waals surface area contributed by atoms with E-state index < -0.39 is 0 Å². The van der Waals surface area contributed by atoms with Crippen molar-refractivity contribution in [3.63, 3.8) is 0 Å². The SMILES string of the molecule is CC1CN(CC(O)CN2CCNCC2)CC(C)N1C. The van der Waals surface area contributed by atoms with Crippen molar-refractivity contribution in [1.82, 2.24) is 20.0 Å². The van der Waals surface area contributed by atoms with E-state index in [1.165, 1.54) is 0 Å². The van der Waals surface area contributed by atoms with E-state index in [1.807, 2.05) is 0 Å². The zero-order valence-electron chi connectivity index (χ0n) is 12.7. The molecule has 2 rings (SSSR count). The molecule has 2 aliphatic heterocycles. The molecule has 2 aliphatic rings. The molecule has 5 heteroatoms. The quantitative estimate of drug-likeness (QED) is 0.705. The average molecular weight is 270 g/mol. The summed E-state index contributed by atoms with van der Waals surface area (Å²) in [5, 5.41) is 13.6. The minimum absolute atomic E-state index is 0.221. The van der Waals surface area contributed by atoms with E-state index in [0.717, 1.165) is 52.4 Å². The number of hydrogen-bond donors (Lipinski definition) is 2. The molecule has 0 spiro atoms. The molecule has 0 amide bonds. The standard InChI is InChI=1S/C14H30N4O/c1-12-8-18(9-13(2)16(12)3)11-14(19)10-17-6-4-15-5-7-17/h12-15,19H,4-11H2,1-3H3. The zero-order chi connectivity index (χ0) is 13.8. The van der Waals surface area contributed by atoms with E-state index in [-0.39, 0.29) is 6.10 Å². The van der Waals surface area contributed by atoms with E-state index in [2.05, 4.69) is 40.9 Å². The lowest BCUT2D eigenvalue weighted by molar-refractivity contribution is 0.0167. The summed E-state index contributed by atoms with van der Waals surface area (Å²) in [7, 11) is 2.20. The van der Waals surface area contributed by atoms with Crippen LogP contribution in [0.15, 0.2) is 0 Å². The van der Waals surface area contributed by atoms with Crippen molar-refractivity contribution >= 4 is 0 Å². The summed E-state index contributed by atoms with van der Waals surface area (Å²) < 4.78 is 0. The molecular formula is C14H30N4O. The van der Waals surface area contributed by atoms with Gasteiger partial charge < -0.3 is 10.4 Å². The van der Waals surface area contributed by atoms with Crippen LogP contribution in [0.5, 0.6) is 0 Å². The molecule has 3 atom stereocenters. The summed E-state index contributed by atoms with van der Waals surface area (Å²) in [4.78, 5) is 7.21. The first kappa shape index (κ1) is 15.2. The van der Waals surface area contributed by atoms with Crippen LogP contribution in [0.1, 0.15) is 13.8 Å². The number of nitrogens with one attached hydrogen (secondary N) is 1. The van der Waals surface area contributed by atoms with Crippen molar-refractivity contribution in [3.8, 4) is 0 Å². The Hall–Kier alpha value is -0.200. The van der Waals surface area contributed by atoms with Crippen molar-refractivity contribution < 1.29 is 5.11 Å². The molecule has 2 heterocycles. The summed E-state index contributed by atoms with van der Waals surface area (Å²) in [5.41, 5.74) is 0. The van der Waals surface area contributed by atoms with Gasteiger partial charge in [0.05, 0.1) is 6.10 Å². The first-order valence-electron chi connectivity index (χ1n) is 7.61. The predicted molar refractivity (Wildman–Crippen MR) is 78.4 cm³/mol. The van der Waals surface area contributed by atoms with E-state index in [9.17, 15) is 5.11 Å². The molecule has 0 aliphatic carbocycles. The lowest BCUT2D eigenvalue weighted by Crippen LogP contribution is -2.57. The van der Waals surface area contributed by atoms with Crippen LogP contribution in [-0.2, 0) is 0 Å². The van der Waals surface area contributed by atoms with Gasteiger partial charge in [0.2, 0.25) is 0 Å². The van der Waals surface area contributed by atoms with Crippen LogP contribution in [0.4, 0.5) is 0 Å². The molecular weight excluding hydrogens is 240 g/mol. The van der Waals surface area contributed by atoms with E-state index in [4.69, 9.17) is 0 Å². The Morgan fingerprint density at radius 1 is 1.05 bits per heavy atom. The second-order valence-electron chi connectivity index (χ2n) is 6.29. The molecule has 0 aromatic rings. The van der Waals surface area contributed by atoms with Crippen molar-refractivity contribution in [1.29, 1.82) is 0 Å². The number of aliphatic hydroxyl groups excluding tert-OH is 1. The maximum atomic E-state index is 10.3. The van der Waals surface area contributed by atoms with Gasteiger partial charge in [-0.15, -0.1) is 0 Å². The van der Waals surface area contributed by atoms with Crippen LogP contribution in [0, 0.1) is 0 Å². The summed E-state index contributed by atoms with van der Waals surface area (Å²) >= 11 is 0. The average Bonchev–Trinajstić information content (AvgIpc) is 2.37. The van der Waals surface area contributed by atoms with Crippen molar-refractivity contribution in [3.05, 3.63) is 0 Å². The highest BCUT2D eigenvalue weighted by Gasteiger charge is 2.27. The molecule has 0 bridgehead atoms. The molecule has 3 unspecified atom stereocenters. The maximum absolute atomic E-state index is 10.3. The van der Waals surface area contributed by atoms with Gasteiger partial charge in [-0.2, -0.15) is 0 Å². The summed E-state index contributed by atoms with van der Waals surface area (Å²) in [6.45, 7) is 12.5. The van der Waals surface area contributed by atoms with Gasteiger partial charge in [-0.25, -0.2) is 0 Å².